The second-order valence-electron chi connectivity index (χ2n) is 10.4. The first-order valence-corrected chi connectivity index (χ1v) is 10.8. The number of halogens is 2. The molecule has 0 aromatic carbocycles. The Morgan fingerprint density at radius 3 is 2.39 bits per heavy atom. The fourth-order valence-electron chi connectivity index (χ4n) is 3.74. The van der Waals surface area contributed by atoms with Gasteiger partial charge in [0.05, 0.1) is 11.2 Å². The summed E-state index contributed by atoms with van der Waals surface area (Å²) in [6.07, 6.45) is -1.61. The summed E-state index contributed by atoms with van der Waals surface area (Å²) >= 11 is 0. The van der Waals surface area contributed by atoms with Gasteiger partial charge in [-0.3, -0.25) is 4.98 Å². The zero-order valence-electron chi connectivity index (χ0n) is 19.5. The molecule has 0 radical (unpaired) electrons. The molecule has 172 valence electrons. The van der Waals surface area contributed by atoms with E-state index in [9.17, 15) is 13.6 Å². The minimum absolute atomic E-state index is 0.166. The largest absolute Gasteiger partial charge is 0.494 e. The fraction of sp³-hybridized carbons (Fsp3) is 0.727. The van der Waals surface area contributed by atoms with Crippen LogP contribution < -0.4 is 5.46 Å². The number of nitrogens with zero attached hydrogens (tertiary/aromatic N) is 2. The van der Waals surface area contributed by atoms with E-state index in [1.807, 2.05) is 48.5 Å². The molecule has 0 bridgehead atoms. The number of amides is 1. The molecule has 3 heterocycles. The topological polar surface area (TPSA) is 60.9 Å². The van der Waals surface area contributed by atoms with Crippen molar-refractivity contribution < 1.29 is 27.6 Å². The summed E-state index contributed by atoms with van der Waals surface area (Å²) in [6, 6.07) is 3.13. The third-order valence-electron chi connectivity index (χ3n) is 6.13. The van der Waals surface area contributed by atoms with Crippen molar-refractivity contribution in [3.63, 3.8) is 0 Å². The molecule has 1 unspecified atom stereocenters. The Bertz CT molecular complexity index is 810. The highest BCUT2D eigenvalue weighted by molar-refractivity contribution is 6.62. The van der Waals surface area contributed by atoms with E-state index >= 15 is 0 Å². The van der Waals surface area contributed by atoms with Crippen molar-refractivity contribution in [3.05, 3.63) is 23.5 Å². The monoisotopic (exact) mass is 438 g/mol. The molecule has 6 nitrogen and oxygen atoms in total. The van der Waals surface area contributed by atoms with E-state index < -0.39 is 36.4 Å². The van der Waals surface area contributed by atoms with Crippen molar-refractivity contribution in [2.45, 2.75) is 90.5 Å². The van der Waals surface area contributed by atoms with Crippen LogP contribution in [-0.2, 0) is 14.0 Å². The van der Waals surface area contributed by atoms with E-state index in [-0.39, 0.29) is 11.6 Å². The summed E-state index contributed by atoms with van der Waals surface area (Å²) in [5.41, 5.74) is -1.02. The predicted octanol–water partition coefficient (Wildman–Crippen LogP) is 4.43. The lowest BCUT2D eigenvalue weighted by Gasteiger charge is -2.34. The standard InChI is InChI=1S/C22H33BF2N2O4/c1-20(2,3)29-19(28)27-10-8-9-14(13-27)16-11-15(12-17(26-16)18(24)25)23-30-21(4,5)22(6,7)31-23/h11-12,14,18H,8-10,13H2,1-7H3. The number of alkyl halides is 2. The van der Waals surface area contributed by atoms with Gasteiger partial charge in [-0.15, -0.1) is 0 Å². The first kappa shape index (κ1) is 23.9. The number of carbonyl (C=O) groups is 1. The van der Waals surface area contributed by atoms with Gasteiger partial charge in [-0.25, -0.2) is 13.6 Å². The molecule has 2 aliphatic rings. The number of rotatable bonds is 3. The second-order valence-corrected chi connectivity index (χ2v) is 10.4. The molecule has 1 amide bonds. The zero-order valence-corrected chi connectivity index (χ0v) is 19.5. The van der Waals surface area contributed by atoms with Gasteiger partial charge < -0.3 is 18.9 Å². The molecule has 2 saturated heterocycles. The highest BCUT2D eigenvalue weighted by Gasteiger charge is 2.52. The number of pyridine rings is 1. The van der Waals surface area contributed by atoms with Crippen LogP contribution in [0.5, 0.6) is 0 Å². The second kappa shape index (κ2) is 8.32. The zero-order chi connectivity index (χ0) is 23.2. The first-order valence-electron chi connectivity index (χ1n) is 10.8. The SMILES string of the molecule is CC(C)(C)OC(=O)N1CCCC(c2cc(B3OC(C)(C)C(C)(C)O3)cc(C(F)F)n2)C1. The van der Waals surface area contributed by atoms with Gasteiger partial charge in [0, 0.05) is 24.7 Å². The van der Waals surface area contributed by atoms with E-state index in [0.717, 1.165) is 12.8 Å². The lowest BCUT2D eigenvalue weighted by atomic mass is 9.77. The summed E-state index contributed by atoms with van der Waals surface area (Å²) < 4.78 is 44.9. The number of likely N-dealkylation sites (tertiary alicyclic amines) is 1. The third-order valence-corrected chi connectivity index (χ3v) is 6.13. The normalized spacial score (nSPS) is 23.4. The maximum atomic E-state index is 13.6. The van der Waals surface area contributed by atoms with Crippen molar-refractivity contribution in [2.75, 3.05) is 13.1 Å². The Balaban J connectivity index is 1.87. The molecule has 0 saturated carbocycles. The summed E-state index contributed by atoms with van der Waals surface area (Å²) in [4.78, 5) is 18.4. The minimum atomic E-state index is -2.72. The van der Waals surface area contributed by atoms with E-state index in [1.54, 1.807) is 11.0 Å². The van der Waals surface area contributed by atoms with Gasteiger partial charge in [0.2, 0.25) is 0 Å². The van der Waals surface area contributed by atoms with Gasteiger partial charge in [-0.05, 0) is 78.9 Å². The lowest BCUT2D eigenvalue weighted by molar-refractivity contribution is 0.00578. The van der Waals surface area contributed by atoms with Gasteiger partial charge >= 0.3 is 13.2 Å². The van der Waals surface area contributed by atoms with Crippen LogP contribution in [0, 0.1) is 0 Å². The van der Waals surface area contributed by atoms with Gasteiger partial charge in [0.1, 0.15) is 11.3 Å². The van der Waals surface area contributed by atoms with Crippen LogP contribution >= 0.6 is 0 Å². The molecule has 0 spiro atoms. The minimum Gasteiger partial charge on any atom is -0.444 e. The van der Waals surface area contributed by atoms with Crippen LogP contribution in [0.25, 0.3) is 0 Å². The molecule has 2 fully saturated rings. The molecule has 1 aromatic rings. The van der Waals surface area contributed by atoms with Crippen molar-refractivity contribution in [1.82, 2.24) is 9.88 Å². The number of hydrogen-bond acceptors (Lipinski definition) is 5. The van der Waals surface area contributed by atoms with Crippen LogP contribution in [0.15, 0.2) is 12.1 Å². The average Bonchev–Trinajstić information content (AvgIpc) is 2.87. The maximum absolute atomic E-state index is 13.6. The maximum Gasteiger partial charge on any atom is 0.494 e. The van der Waals surface area contributed by atoms with Crippen molar-refractivity contribution in [2.24, 2.45) is 0 Å². The number of piperidine rings is 1. The molecular weight excluding hydrogens is 405 g/mol. The van der Waals surface area contributed by atoms with Crippen molar-refractivity contribution in [3.8, 4) is 0 Å². The molecule has 0 aliphatic carbocycles. The van der Waals surface area contributed by atoms with Crippen LogP contribution in [0.1, 0.15) is 85.0 Å². The van der Waals surface area contributed by atoms with E-state index in [1.165, 1.54) is 6.07 Å². The Kier molecular flexibility index (Phi) is 6.42. The summed E-state index contributed by atoms with van der Waals surface area (Å²) in [6.45, 7) is 14.1. The van der Waals surface area contributed by atoms with E-state index in [2.05, 4.69) is 4.98 Å². The molecule has 1 atom stereocenters. The van der Waals surface area contributed by atoms with E-state index in [4.69, 9.17) is 14.0 Å². The molecule has 31 heavy (non-hydrogen) atoms. The van der Waals surface area contributed by atoms with Crippen LogP contribution in [0.2, 0.25) is 0 Å². The number of hydrogen-bond donors (Lipinski definition) is 0. The van der Waals surface area contributed by atoms with Gasteiger partial charge in [0.25, 0.3) is 6.43 Å². The van der Waals surface area contributed by atoms with Crippen molar-refractivity contribution >= 4 is 18.7 Å². The number of ether oxygens (including phenoxy) is 1. The Labute approximate surface area is 183 Å². The molecule has 9 heteroatoms. The number of aromatic nitrogens is 1. The van der Waals surface area contributed by atoms with Gasteiger partial charge in [0.15, 0.2) is 0 Å². The summed E-state index contributed by atoms with van der Waals surface area (Å²) in [5, 5.41) is 0. The molecule has 3 rings (SSSR count). The third kappa shape index (κ3) is 5.37. The highest BCUT2D eigenvalue weighted by atomic mass is 19.3. The number of carbonyl (C=O) groups excluding carboxylic acids is 1. The molecule has 2 aliphatic heterocycles. The summed E-state index contributed by atoms with van der Waals surface area (Å²) in [7, 11) is -0.755. The van der Waals surface area contributed by atoms with Gasteiger partial charge in [-0.2, -0.15) is 0 Å². The Hall–Kier alpha value is -1.74. The first-order chi connectivity index (χ1) is 14.2. The Morgan fingerprint density at radius 1 is 1.23 bits per heavy atom. The molecule has 1 aromatic heterocycles. The molecular formula is C22H33BF2N2O4. The molecule has 0 N–H and O–H groups in total. The smallest absolute Gasteiger partial charge is 0.444 e. The van der Waals surface area contributed by atoms with Crippen molar-refractivity contribution in [1.29, 1.82) is 0 Å². The van der Waals surface area contributed by atoms with Crippen LogP contribution in [0.4, 0.5) is 13.6 Å². The summed E-state index contributed by atoms with van der Waals surface area (Å²) in [5.74, 6) is -0.166. The highest BCUT2D eigenvalue weighted by Crippen LogP contribution is 2.37. The quantitative estimate of drug-likeness (QED) is 0.654. The Morgan fingerprint density at radius 2 is 1.84 bits per heavy atom. The lowest BCUT2D eigenvalue weighted by Crippen LogP contribution is -2.43. The average molecular weight is 438 g/mol. The van der Waals surface area contributed by atoms with Crippen LogP contribution in [-0.4, -0.2) is 53.0 Å². The van der Waals surface area contributed by atoms with Crippen LogP contribution in [0.3, 0.4) is 0 Å². The van der Waals surface area contributed by atoms with Gasteiger partial charge in [-0.1, -0.05) is 0 Å². The predicted molar refractivity (Wildman–Crippen MR) is 115 cm³/mol. The van der Waals surface area contributed by atoms with E-state index in [0.29, 0.717) is 24.2 Å². The fourth-order valence-corrected chi connectivity index (χ4v) is 3.74.